The van der Waals surface area contributed by atoms with Crippen LogP contribution in [0.25, 0.3) is 6.08 Å². The number of carbonyl (C=O) groups excluding carboxylic acids is 1. The lowest BCUT2D eigenvalue weighted by molar-refractivity contribution is 0.0961. The lowest BCUT2D eigenvalue weighted by Gasteiger charge is -2.06. The van der Waals surface area contributed by atoms with E-state index in [4.69, 9.17) is 0 Å². The molecule has 0 atom stereocenters. The van der Waals surface area contributed by atoms with Gasteiger partial charge in [-0.2, -0.15) is 0 Å². The van der Waals surface area contributed by atoms with E-state index in [1.54, 1.807) is 0 Å². The number of nitrogens with zero attached hydrogens (tertiary/aromatic N) is 1. The second kappa shape index (κ2) is 4.63. The lowest BCUT2D eigenvalue weighted by atomic mass is 10.1. The predicted octanol–water partition coefficient (Wildman–Crippen LogP) is 2.02. The highest BCUT2D eigenvalue weighted by atomic mass is 19.3. The molecule has 1 amide bonds. The normalized spacial score (nSPS) is 10.1. The summed E-state index contributed by atoms with van der Waals surface area (Å²) in [6, 6.07) is 2.44. The summed E-state index contributed by atoms with van der Waals surface area (Å²) in [5.41, 5.74) is 0.0293. The Morgan fingerprint density at radius 3 is 2.73 bits per heavy atom. The molecule has 0 aliphatic rings. The van der Waals surface area contributed by atoms with Crippen LogP contribution in [0, 0.1) is 0 Å². The second-order valence-electron chi connectivity index (χ2n) is 2.75. The highest BCUT2D eigenvalue weighted by Gasteiger charge is 2.14. The van der Waals surface area contributed by atoms with Crippen molar-refractivity contribution < 1.29 is 13.6 Å². The average molecular weight is 212 g/mol. The van der Waals surface area contributed by atoms with Crippen LogP contribution in [0.4, 0.5) is 8.78 Å². The van der Waals surface area contributed by atoms with E-state index in [1.807, 2.05) is 0 Å². The van der Waals surface area contributed by atoms with Crippen molar-refractivity contribution in [3.63, 3.8) is 0 Å². The van der Waals surface area contributed by atoms with Gasteiger partial charge in [0.15, 0.2) is 0 Å². The number of nitrogens with one attached hydrogen (secondary N) is 1. The molecule has 0 aromatic carbocycles. The molecule has 80 valence electrons. The number of hydrogen-bond acceptors (Lipinski definition) is 2. The van der Waals surface area contributed by atoms with Crippen LogP contribution in [0.3, 0.4) is 0 Å². The first-order chi connectivity index (χ1) is 7.10. The maximum atomic E-state index is 12.3. The van der Waals surface area contributed by atoms with Gasteiger partial charge in [0.25, 0.3) is 12.3 Å². The zero-order valence-electron chi connectivity index (χ0n) is 8.13. The molecule has 0 bridgehead atoms. The number of amides is 1. The highest BCUT2D eigenvalue weighted by molar-refractivity contribution is 5.96. The molecular weight excluding hydrogens is 202 g/mol. The van der Waals surface area contributed by atoms with Crippen LogP contribution in [-0.4, -0.2) is 17.9 Å². The molecule has 3 nitrogen and oxygen atoms in total. The molecule has 0 aliphatic carbocycles. The lowest BCUT2D eigenvalue weighted by Crippen LogP contribution is -2.19. The fraction of sp³-hybridized carbons (Fsp3) is 0.200. The van der Waals surface area contributed by atoms with Gasteiger partial charge in [-0.25, -0.2) is 13.8 Å². The minimum absolute atomic E-state index is 0.159. The van der Waals surface area contributed by atoms with Crippen LogP contribution in [-0.2, 0) is 0 Å². The van der Waals surface area contributed by atoms with E-state index in [9.17, 15) is 13.6 Å². The minimum Gasteiger partial charge on any atom is -0.355 e. The number of aromatic nitrogens is 1. The molecule has 0 unspecified atom stereocenters. The fourth-order valence-electron chi connectivity index (χ4n) is 1.09. The summed E-state index contributed by atoms with van der Waals surface area (Å²) in [5.74, 6) is -0.377. The van der Waals surface area contributed by atoms with Crippen LogP contribution in [0.5, 0.6) is 0 Å². The number of hydrogen-bond donors (Lipinski definition) is 1. The highest BCUT2D eigenvalue weighted by Crippen LogP contribution is 2.18. The van der Waals surface area contributed by atoms with E-state index in [1.165, 1.54) is 19.2 Å². The Labute approximate surface area is 85.8 Å². The van der Waals surface area contributed by atoms with Gasteiger partial charge in [0.05, 0.1) is 11.3 Å². The Morgan fingerprint density at radius 2 is 2.27 bits per heavy atom. The van der Waals surface area contributed by atoms with Gasteiger partial charge in [-0.1, -0.05) is 6.58 Å². The Morgan fingerprint density at radius 1 is 1.60 bits per heavy atom. The van der Waals surface area contributed by atoms with Crippen molar-refractivity contribution in [1.29, 1.82) is 0 Å². The largest absolute Gasteiger partial charge is 0.355 e. The van der Waals surface area contributed by atoms with Gasteiger partial charge in [0.1, 0.15) is 5.69 Å². The molecule has 1 N–H and O–H groups in total. The van der Waals surface area contributed by atoms with Crippen LogP contribution in [0.1, 0.15) is 28.2 Å². The Kier molecular flexibility index (Phi) is 3.49. The predicted molar refractivity (Wildman–Crippen MR) is 52.7 cm³/mol. The summed E-state index contributed by atoms with van der Waals surface area (Å²) in [6.07, 6.45) is -1.38. The topological polar surface area (TPSA) is 42.0 Å². The van der Waals surface area contributed by atoms with E-state index in [-0.39, 0.29) is 22.9 Å². The fourth-order valence-corrected chi connectivity index (χ4v) is 1.09. The third-order valence-electron chi connectivity index (χ3n) is 1.83. The summed E-state index contributed by atoms with van der Waals surface area (Å²) in [6.45, 7) is 3.42. The summed E-state index contributed by atoms with van der Waals surface area (Å²) in [4.78, 5) is 14.9. The van der Waals surface area contributed by atoms with E-state index in [2.05, 4.69) is 16.9 Å². The van der Waals surface area contributed by atoms with Gasteiger partial charge >= 0.3 is 0 Å². The number of carbonyl (C=O) groups is 1. The van der Waals surface area contributed by atoms with Crippen molar-refractivity contribution in [2.45, 2.75) is 6.43 Å². The first-order valence-electron chi connectivity index (χ1n) is 4.23. The molecule has 0 saturated heterocycles. The van der Waals surface area contributed by atoms with E-state index >= 15 is 0 Å². The molecule has 1 aromatic heterocycles. The molecule has 1 rings (SSSR count). The van der Waals surface area contributed by atoms with Gasteiger partial charge in [-0.05, 0) is 18.2 Å². The number of rotatable bonds is 3. The second-order valence-corrected chi connectivity index (χ2v) is 2.75. The molecule has 15 heavy (non-hydrogen) atoms. The Balaban J connectivity index is 3.20. The molecule has 5 heteroatoms. The van der Waals surface area contributed by atoms with Crippen molar-refractivity contribution in [1.82, 2.24) is 10.3 Å². The van der Waals surface area contributed by atoms with Crippen molar-refractivity contribution in [2.24, 2.45) is 0 Å². The zero-order valence-corrected chi connectivity index (χ0v) is 8.13. The first-order valence-corrected chi connectivity index (χ1v) is 4.23. The van der Waals surface area contributed by atoms with E-state index < -0.39 is 6.43 Å². The summed E-state index contributed by atoms with van der Waals surface area (Å²) in [7, 11) is 1.45. The monoisotopic (exact) mass is 212 g/mol. The zero-order chi connectivity index (χ0) is 11.4. The maximum Gasteiger partial charge on any atom is 0.280 e. The molecule has 0 fully saturated rings. The van der Waals surface area contributed by atoms with Gasteiger partial charge in [-0.15, -0.1) is 0 Å². The summed E-state index contributed by atoms with van der Waals surface area (Å²) in [5, 5.41) is 2.39. The standard InChI is InChI=1S/C10H10F2N2O/c1-3-7-6(10(15)13-2)4-5-8(14-7)9(11)12/h3-5,9H,1H2,2H3,(H,13,15). The van der Waals surface area contributed by atoms with Crippen molar-refractivity contribution in [3.05, 3.63) is 35.7 Å². The van der Waals surface area contributed by atoms with Crippen molar-refractivity contribution in [3.8, 4) is 0 Å². The van der Waals surface area contributed by atoms with Crippen molar-refractivity contribution in [2.75, 3.05) is 7.05 Å². The Hall–Kier alpha value is -1.78. The Bertz CT molecular complexity index is 391. The molecule has 1 aromatic rings. The molecule has 1 heterocycles. The summed E-state index contributed by atoms with van der Waals surface area (Å²) < 4.78 is 24.6. The average Bonchev–Trinajstić information content (AvgIpc) is 2.27. The van der Waals surface area contributed by atoms with E-state index in [0.717, 1.165) is 6.07 Å². The number of halogens is 2. The smallest absolute Gasteiger partial charge is 0.280 e. The molecular formula is C10H10F2N2O. The first kappa shape index (κ1) is 11.3. The molecule has 0 spiro atoms. The maximum absolute atomic E-state index is 12.3. The van der Waals surface area contributed by atoms with Crippen LogP contribution < -0.4 is 5.32 Å². The SMILES string of the molecule is C=Cc1nc(C(F)F)ccc1C(=O)NC. The summed E-state index contributed by atoms with van der Waals surface area (Å²) >= 11 is 0. The van der Waals surface area contributed by atoms with Crippen molar-refractivity contribution >= 4 is 12.0 Å². The minimum atomic E-state index is -2.65. The van der Waals surface area contributed by atoms with E-state index in [0.29, 0.717) is 0 Å². The molecule has 0 radical (unpaired) electrons. The van der Waals surface area contributed by atoms with Crippen LogP contribution in [0.2, 0.25) is 0 Å². The quantitative estimate of drug-likeness (QED) is 0.832. The molecule has 0 aliphatic heterocycles. The number of alkyl halides is 2. The van der Waals surface area contributed by atoms with Gasteiger partial charge in [0, 0.05) is 7.05 Å². The van der Waals surface area contributed by atoms with Crippen LogP contribution >= 0.6 is 0 Å². The van der Waals surface area contributed by atoms with Gasteiger partial charge in [-0.3, -0.25) is 4.79 Å². The third-order valence-corrected chi connectivity index (χ3v) is 1.83. The van der Waals surface area contributed by atoms with Gasteiger partial charge < -0.3 is 5.32 Å². The van der Waals surface area contributed by atoms with Crippen LogP contribution in [0.15, 0.2) is 18.7 Å². The van der Waals surface area contributed by atoms with Gasteiger partial charge in [0.2, 0.25) is 0 Å². The number of pyridine rings is 1. The third kappa shape index (κ3) is 2.37. The molecule has 0 saturated carbocycles.